The first-order chi connectivity index (χ1) is 12.0. The minimum absolute atomic E-state index is 0.00758. The predicted octanol–water partition coefficient (Wildman–Crippen LogP) is 5.15. The second kappa shape index (κ2) is 5.88. The zero-order valence-electron chi connectivity index (χ0n) is 13.0. The van der Waals surface area contributed by atoms with Gasteiger partial charge in [0.05, 0.1) is 16.6 Å². The maximum atomic E-state index is 13.1. The Morgan fingerprint density at radius 2 is 1.88 bits per heavy atom. The van der Waals surface area contributed by atoms with E-state index in [1.165, 1.54) is 11.6 Å². The third kappa shape index (κ3) is 2.70. The van der Waals surface area contributed by atoms with Crippen LogP contribution in [0.3, 0.4) is 0 Å². The molecule has 0 fully saturated rings. The number of alkyl halides is 3. The predicted molar refractivity (Wildman–Crippen MR) is 88.4 cm³/mol. The zero-order chi connectivity index (χ0) is 17.6. The molecule has 0 spiro atoms. The largest absolute Gasteiger partial charge is 0.417 e. The van der Waals surface area contributed by atoms with Crippen LogP contribution in [0.2, 0.25) is 5.02 Å². The molecule has 0 aliphatic heterocycles. The SMILES string of the molecule is FC(F)(F)c1cccc(-c2nncn2[C@@H]2CCc3ccccc32)c1Cl. The molecule has 2 aromatic carbocycles. The fourth-order valence-electron chi connectivity index (χ4n) is 3.41. The van der Waals surface area contributed by atoms with Crippen molar-refractivity contribution in [1.82, 2.24) is 14.8 Å². The molecule has 1 aliphatic rings. The highest BCUT2D eigenvalue weighted by molar-refractivity contribution is 6.34. The number of aryl methyl sites for hydroxylation is 1. The van der Waals surface area contributed by atoms with Gasteiger partial charge < -0.3 is 4.57 Å². The van der Waals surface area contributed by atoms with Gasteiger partial charge in [0.1, 0.15) is 6.33 Å². The Bertz CT molecular complexity index is 933. The summed E-state index contributed by atoms with van der Waals surface area (Å²) in [6, 6.07) is 11.9. The first kappa shape index (κ1) is 16.1. The van der Waals surface area contributed by atoms with E-state index in [1.807, 2.05) is 22.8 Å². The van der Waals surface area contributed by atoms with E-state index in [-0.39, 0.29) is 16.6 Å². The molecular formula is C18H13ClF3N3. The van der Waals surface area contributed by atoms with Gasteiger partial charge >= 0.3 is 6.18 Å². The lowest BCUT2D eigenvalue weighted by Crippen LogP contribution is -2.10. The second-order valence-corrected chi connectivity index (χ2v) is 6.36. The molecule has 0 unspecified atom stereocenters. The summed E-state index contributed by atoms with van der Waals surface area (Å²) in [7, 11) is 0. The number of rotatable bonds is 2. The van der Waals surface area contributed by atoms with Gasteiger partial charge in [0.25, 0.3) is 0 Å². The minimum atomic E-state index is -4.52. The Morgan fingerprint density at radius 1 is 1.08 bits per heavy atom. The number of hydrogen-bond acceptors (Lipinski definition) is 2. The van der Waals surface area contributed by atoms with Crippen LogP contribution >= 0.6 is 11.6 Å². The van der Waals surface area contributed by atoms with Crippen molar-refractivity contribution in [2.75, 3.05) is 0 Å². The smallest absolute Gasteiger partial charge is 0.306 e. The van der Waals surface area contributed by atoms with Gasteiger partial charge in [-0.1, -0.05) is 41.9 Å². The lowest BCUT2D eigenvalue weighted by molar-refractivity contribution is -0.137. The van der Waals surface area contributed by atoms with Gasteiger partial charge in [-0.15, -0.1) is 10.2 Å². The molecule has 0 N–H and O–H groups in total. The van der Waals surface area contributed by atoms with Crippen molar-refractivity contribution in [3.63, 3.8) is 0 Å². The summed E-state index contributed by atoms with van der Waals surface area (Å²) in [6.45, 7) is 0. The van der Waals surface area contributed by atoms with Gasteiger partial charge in [0, 0.05) is 5.56 Å². The summed E-state index contributed by atoms with van der Waals surface area (Å²) in [5.41, 5.74) is 1.75. The van der Waals surface area contributed by atoms with Crippen LogP contribution in [0.25, 0.3) is 11.4 Å². The average molecular weight is 364 g/mol. The molecule has 0 saturated carbocycles. The zero-order valence-corrected chi connectivity index (χ0v) is 13.7. The van der Waals surface area contributed by atoms with E-state index < -0.39 is 11.7 Å². The van der Waals surface area contributed by atoms with Crippen LogP contribution in [0.15, 0.2) is 48.8 Å². The first-order valence-electron chi connectivity index (χ1n) is 7.80. The first-order valence-corrected chi connectivity index (χ1v) is 8.18. The Hall–Kier alpha value is -2.34. The molecule has 1 aromatic heterocycles. The summed E-state index contributed by atoms with van der Waals surface area (Å²) in [6.07, 6.45) is -1.20. The summed E-state index contributed by atoms with van der Waals surface area (Å²) in [5.74, 6) is 0.345. The van der Waals surface area contributed by atoms with Crippen molar-refractivity contribution in [1.29, 1.82) is 0 Å². The van der Waals surface area contributed by atoms with E-state index >= 15 is 0 Å². The summed E-state index contributed by atoms with van der Waals surface area (Å²) in [5, 5.41) is 7.62. The van der Waals surface area contributed by atoms with Gasteiger partial charge in [-0.25, -0.2) is 0 Å². The van der Waals surface area contributed by atoms with Crippen molar-refractivity contribution in [2.24, 2.45) is 0 Å². The highest BCUT2D eigenvalue weighted by Gasteiger charge is 2.35. The van der Waals surface area contributed by atoms with E-state index in [0.717, 1.165) is 24.5 Å². The molecule has 7 heteroatoms. The highest BCUT2D eigenvalue weighted by Crippen LogP contribution is 2.41. The fourth-order valence-corrected chi connectivity index (χ4v) is 3.73. The van der Waals surface area contributed by atoms with Crippen molar-refractivity contribution in [3.8, 4) is 11.4 Å². The number of aromatic nitrogens is 3. The van der Waals surface area contributed by atoms with E-state index in [9.17, 15) is 13.2 Å². The van der Waals surface area contributed by atoms with Crippen LogP contribution in [-0.2, 0) is 12.6 Å². The Kier molecular flexibility index (Phi) is 3.80. The van der Waals surface area contributed by atoms with E-state index in [2.05, 4.69) is 16.3 Å². The molecule has 0 bridgehead atoms. The van der Waals surface area contributed by atoms with Gasteiger partial charge in [-0.2, -0.15) is 13.2 Å². The van der Waals surface area contributed by atoms with Crippen LogP contribution in [-0.4, -0.2) is 14.8 Å². The number of benzene rings is 2. The van der Waals surface area contributed by atoms with Gasteiger partial charge in [-0.3, -0.25) is 0 Å². The van der Waals surface area contributed by atoms with Crippen molar-refractivity contribution < 1.29 is 13.2 Å². The summed E-state index contributed by atoms with van der Waals surface area (Å²) >= 11 is 6.06. The van der Waals surface area contributed by atoms with Crippen LogP contribution in [0.5, 0.6) is 0 Å². The van der Waals surface area contributed by atoms with Gasteiger partial charge in [0.2, 0.25) is 0 Å². The minimum Gasteiger partial charge on any atom is -0.306 e. The average Bonchev–Trinajstić information content (AvgIpc) is 3.20. The van der Waals surface area contributed by atoms with Crippen LogP contribution in [0.4, 0.5) is 13.2 Å². The third-order valence-corrected chi connectivity index (χ3v) is 4.96. The molecule has 0 radical (unpaired) electrons. The maximum absolute atomic E-state index is 13.1. The molecule has 25 heavy (non-hydrogen) atoms. The molecule has 4 rings (SSSR count). The van der Waals surface area contributed by atoms with Crippen molar-refractivity contribution in [3.05, 3.63) is 70.5 Å². The molecule has 0 amide bonds. The number of nitrogens with zero attached hydrogens (tertiary/aromatic N) is 3. The number of halogens is 4. The molecule has 128 valence electrons. The lowest BCUT2D eigenvalue weighted by Gasteiger charge is -2.17. The number of hydrogen-bond donors (Lipinski definition) is 0. The molecule has 1 heterocycles. The topological polar surface area (TPSA) is 30.7 Å². The van der Waals surface area contributed by atoms with Crippen molar-refractivity contribution in [2.45, 2.75) is 25.1 Å². The molecule has 3 nitrogen and oxygen atoms in total. The molecule has 1 atom stereocenters. The van der Waals surface area contributed by atoms with Crippen LogP contribution in [0.1, 0.15) is 29.2 Å². The molecule has 0 saturated heterocycles. The van der Waals surface area contributed by atoms with Crippen LogP contribution < -0.4 is 0 Å². The quantitative estimate of drug-likeness (QED) is 0.630. The monoisotopic (exact) mass is 363 g/mol. The molecule has 3 aromatic rings. The van der Waals surface area contributed by atoms with E-state index in [0.29, 0.717) is 5.82 Å². The molecular weight excluding hydrogens is 351 g/mol. The number of fused-ring (bicyclic) bond motifs is 1. The lowest BCUT2D eigenvalue weighted by atomic mass is 10.1. The van der Waals surface area contributed by atoms with Gasteiger partial charge in [-0.05, 0) is 36.1 Å². The van der Waals surface area contributed by atoms with Crippen LogP contribution in [0, 0.1) is 0 Å². The second-order valence-electron chi connectivity index (χ2n) is 5.98. The Balaban J connectivity index is 1.82. The van der Waals surface area contributed by atoms with Crippen molar-refractivity contribution >= 4 is 11.6 Å². The Labute approximate surface area is 147 Å². The maximum Gasteiger partial charge on any atom is 0.417 e. The molecule has 1 aliphatic carbocycles. The third-order valence-electron chi connectivity index (χ3n) is 4.56. The fraction of sp³-hybridized carbons (Fsp3) is 0.222. The highest BCUT2D eigenvalue weighted by atomic mass is 35.5. The standard InChI is InChI=1S/C18H13ClF3N3/c19-16-13(6-3-7-14(16)18(20,21)22)17-24-23-10-25(17)15-9-8-11-4-1-2-5-12(11)15/h1-7,10,15H,8-9H2/t15-/m1/s1. The van der Waals surface area contributed by atoms with E-state index in [1.54, 1.807) is 12.4 Å². The summed E-state index contributed by atoms with van der Waals surface area (Å²) in [4.78, 5) is 0. The Morgan fingerprint density at radius 3 is 2.68 bits per heavy atom. The van der Waals surface area contributed by atoms with Gasteiger partial charge in [0.15, 0.2) is 5.82 Å². The summed E-state index contributed by atoms with van der Waals surface area (Å²) < 4.78 is 41.2. The normalized spacial score (nSPS) is 16.9. The van der Waals surface area contributed by atoms with E-state index in [4.69, 9.17) is 11.6 Å².